The molecule has 0 unspecified atom stereocenters. The van der Waals surface area contributed by atoms with Crippen LogP contribution in [0.3, 0.4) is 0 Å². The average Bonchev–Trinajstić information content (AvgIpc) is 3.03. The Hall–Kier alpha value is -2.29. The number of nitrogens with zero attached hydrogens (tertiary/aromatic N) is 3. The lowest BCUT2D eigenvalue weighted by molar-refractivity contribution is -0.117. The Labute approximate surface area is 138 Å². The molecule has 9 heteroatoms. The largest absolute Gasteiger partial charge is 0.461 e. The molecule has 0 fully saturated rings. The second-order valence-corrected chi connectivity index (χ2v) is 6.83. The normalized spacial score (nSPS) is 11.3. The fourth-order valence-corrected chi connectivity index (χ4v) is 2.44. The lowest BCUT2D eigenvalue weighted by atomic mass is 10.1. The number of hydrogen-bond donors (Lipinski definition) is 2. The first-order chi connectivity index (χ1) is 10.8. The van der Waals surface area contributed by atoms with Crippen molar-refractivity contribution in [1.29, 1.82) is 0 Å². The molecular formula is C14H19N5O3S. The van der Waals surface area contributed by atoms with Crippen molar-refractivity contribution in [2.24, 2.45) is 7.05 Å². The van der Waals surface area contributed by atoms with E-state index in [0.717, 1.165) is 0 Å². The van der Waals surface area contributed by atoms with Crippen LogP contribution in [0.1, 0.15) is 20.8 Å². The number of furan rings is 1. The number of carbonyl (C=O) groups excluding carboxylic acids is 2. The van der Waals surface area contributed by atoms with Crippen LogP contribution in [0.15, 0.2) is 28.0 Å². The third kappa shape index (κ3) is 4.85. The second-order valence-electron chi connectivity index (χ2n) is 5.88. The Kier molecular flexibility index (Phi) is 5.09. The second kappa shape index (κ2) is 6.86. The molecule has 0 aliphatic heterocycles. The summed E-state index contributed by atoms with van der Waals surface area (Å²) in [4.78, 5) is 23.4. The van der Waals surface area contributed by atoms with E-state index >= 15 is 0 Å². The highest BCUT2D eigenvalue weighted by atomic mass is 32.2. The summed E-state index contributed by atoms with van der Waals surface area (Å²) in [5, 5.41) is 13.5. The van der Waals surface area contributed by atoms with Crippen molar-refractivity contribution in [3.8, 4) is 11.6 Å². The molecule has 124 valence electrons. The van der Waals surface area contributed by atoms with E-state index in [-0.39, 0.29) is 5.75 Å². The van der Waals surface area contributed by atoms with Crippen LogP contribution in [-0.2, 0) is 11.8 Å². The maximum atomic E-state index is 11.8. The highest BCUT2D eigenvalue weighted by Crippen LogP contribution is 2.22. The van der Waals surface area contributed by atoms with Gasteiger partial charge in [0, 0.05) is 12.6 Å². The van der Waals surface area contributed by atoms with Crippen molar-refractivity contribution in [3.05, 3.63) is 18.4 Å². The molecule has 2 aromatic heterocycles. The van der Waals surface area contributed by atoms with Gasteiger partial charge in [0.1, 0.15) is 0 Å². The molecule has 2 aromatic rings. The first-order valence-corrected chi connectivity index (χ1v) is 7.93. The summed E-state index contributed by atoms with van der Waals surface area (Å²) in [7, 11) is 1.78. The fraction of sp³-hybridized carbons (Fsp3) is 0.429. The Balaban J connectivity index is 1.89. The minimum Gasteiger partial charge on any atom is -0.461 e. The summed E-state index contributed by atoms with van der Waals surface area (Å²) in [6, 6.07) is 3.03. The van der Waals surface area contributed by atoms with Crippen molar-refractivity contribution >= 4 is 23.7 Å². The average molecular weight is 337 g/mol. The van der Waals surface area contributed by atoms with Gasteiger partial charge in [-0.15, -0.1) is 10.2 Å². The van der Waals surface area contributed by atoms with Gasteiger partial charge in [-0.1, -0.05) is 11.8 Å². The fourth-order valence-electron chi connectivity index (χ4n) is 1.73. The van der Waals surface area contributed by atoms with Crippen molar-refractivity contribution in [3.63, 3.8) is 0 Å². The van der Waals surface area contributed by atoms with Gasteiger partial charge in [-0.2, -0.15) is 0 Å². The molecule has 0 atom stereocenters. The molecule has 0 aliphatic carbocycles. The third-order valence-corrected chi connectivity index (χ3v) is 3.67. The van der Waals surface area contributed by atoms with Gasteiger partial charge in [-0.05, 0) is 32.9 Å². The summed E-state index contributed by atoms with van der Waals surface area (Å²) >= 11 is 1.19. The van der Waals surface area contributed by atoms with Crippen LogP contribution in [0.2, 0.25) is 0 Å². The van der Waals surface area contributed by atoms with Gasteiger partial charge in [-0.3, -0.25) is 10.1 Å². The monoisotopic (exact) mass is 337 g/mol. The maximum absolute atomic E-state index is 11.8. The lowest BCUT2D eigenvalue weighted by Crippen LogP contribution is -2.48. The molecule has 2 N–H and O–H groups in total. The van der Waals surface area contributed by atoms with Gasteiger partial charge in [0.25, 0.3) is 0 Å². The number of nitrogens with one attached hydrogen (secondary N) is 2. The standard InChI is InChI=1S/C14H19N5O3S/c1-14(2,3)16-12(21)15-10(20)8-23-13-18-17-11(19(13)4)9-6-5-7-22-9/h5-7H,8H2,1-4H3,(H2,15,16,20,21). The molecule has 0 saturated heterocycles. The lowest BCUT2D eigenvalue weighted by Gasteiger charge is -2.20. The quantitative estimate of drug-likeness (QED) is 0.825. The number of aromatic nitrogens is 3. The summed E-state index contributed by atoms with van der Waals surface area (Å²) in [5.74, 6) is 0.824. The minimum absolute atomic E-state index is 0.0572. The SMILES string of the molecule is Cn1c(SCC(=O)NC(=O)NC(C)(C)C)nnc1-c1ccco1. The zero-order chi connectivity index (χ0) is 17.0. The van der Waals surface area contributed by atoms with Crippen LogP contribution >= 0.6 is 11.8 Å². The van der Waals surface area contributed by atoms with Crippen molar-refractivity contribution < 1.29 is 14.0 Å². The van der Waals surface area contributed by atoms with Gasteiger partial charge < -0.3 is 14.3 Å². The Morgan fingerprint density at radius 3 is 2.70 bits per heavy atom. The van der Waals surface area contributed by atoms with E-state index in [4.69, 9.17) is 4.42 Å². The zero-order valence-corrected chi connectivity index (χ0v) is 14.2. The number of rotatable bonds is 4. The Bertz CT molecular complexity index is 688. The Morgan fingerprint density at radius 1 is 1.35 bits per heavy atom. The van der Waals surface area contributed by atoms with Gasteiger partial charge in [0.05, 0.1) is 12.0 Å². The molecule has 0 radical (unpaired) electrons. The van der Waals surface area contributed by atoms with Crippen LogP contribution in [0.5, 0.6) is 0 Å². The smallest absolute Gasteiger partial charge is 0.321 e. The van der Waals surface area contributed by atoms with Gasteiger partial charge >= 0.3 is 6.03 Å². The summed E-state index contributed by atoms with van der Waals surface area (Å²) in [5.41, 5.74) is -0.404. The first-order valence-electron chi connectivity index (χ1n) is 6.94. The number of imide groups is 1. The van der Waals surface area contributed by atoms with Gasteiger partial charge in [-0.25, -0.2) is 4.79 Å². The number of urea groups is 1. The molecule has 0 spiro atoms. The van der Waals surface area contributed by atoms with Crippen LogP contribution in [0, 0.1) is 0 Å². The van der Waals surface area contributed by atoms with Crippen molar-refractivity contribution in [2.45, 2.75) is 31.5 Å². The first kappa shape index (κ1) is 17.1. The molecular weight excluding hydrogens is 318 g/mol. The number of hydrogen-bond acceptors (Lipinski definition) is 6. The van der Waals surface area contributed by atoms with E-state index in [1.54, 1.807) is 30.0 Å². The number of amides is 3. The summed E-state index contributed by atoms with van der Waals surface area (Å²) in [6.45, 7) is 5.50. The highest BCUT2D eigenvalue weighted by Gasteiger charge is 2.17. The van der Waals surface area contributed by atoms with Gasteiger partial charge in [0.15, 0.2) is 16.7 Å². The molecule has 0 aliphatic rings. The molecule has 2 heterocycles. The molecule has 2 rings (SSSR count). The third-order valence-electron chi connectivity index (χ3n) is 2.65. The van der Waals surface area contributed by atoms with Crippen molar-refractivity contribution in [2.75, 3.05) is 5.75 Å². The van der Waals surface area contributed by atoms with E-state index < -0.39 is 17.5 Å². The van der Waals surface area contributed by atoms with E-state index in [9.17, 15) is 9.59 Å². The van der Waals surface area contributed by atoms with Gasteiger partial charge in [0.2, 0.25) is 5.91 Å². The van der Waals surface area contributed by atoms with E-state index in [1.165, 1.54) is 11.8 Å². The number of carbonyl (C=O) groups is 2. The molecule has 0 aromatic carbocycles. The zero-order valence-electron chi connectivity index (χ0n) is 13.4. The molecule has 3 amide bonds. The predicted molar refractivity (Wildman–Crippen MR) is 85.9 cm³/mol. The summed E-state index contributed by atoms with van der Waals surface area (Å²) in [6.07, 6.45) is 1.55. The van der Waals surface area contributed by atoms with Crippen LogP contribution in [0.4, 0.5) is 4.79 Å². The number of thioether (sulfide) groups is 1. The predicted octanol–water partition coefficient (Wildman–Crippen LogP) is 1.79. The van der Waals surface area contributed by atoms with Crippen LogP contribution < -0.4 is 10.6 Å². The Morgan fingerprint density at radius 2 is 2.09 bits per heavy atom. The van der Waals surface area contributed by atoms with Crippen LogP contribution in [-0.4, -0.2) is 38.0 Å². The van der Waals surface area contributed by atoms with Crippen molar-refractivity contribution in [1.82, 2.24) is 25.4 Å². The maximum Gasteiger partial charge on any atom is 0.321 e. The van der Waals surface area contributed by atoms with E-state index in [0.29, 0.717) is 16.7 Å². The molecule has 8 nitrogen and oxygen atoms in total. The van der Waals surface area contributed by atoms with Crippen LogP contribution in [0.25, 0.3) is 11.6 Å². The summed E-state index contributed by atoms with van der Waals surface area (Å²) < 4.78 is 7.00. The highest BCUT2D eigenvalue weighted by molar-refractivity contribution is 7.99. The van der Waals surface area contributed by atoms with E-state index in [1.807, 2.05) is 20.8 Å². The minimum atomic E-state index is -0.516. The molecule has 0 saturated carbocycles. The molecule has 23 heavy (non-hydrogen) atoms. The van der Waals surface area contributed by atoms with E-state index in [2.05, 4.69) is 20.8 Å². The molecule has 0 bridgehead atoms. The topological polar surface area (TPSA) is 102 Å².